The molecule has 148 valence electrons. The van der Waals surface area contributed by atoms with Gasteiger partial charge in [0.05, 0.1) is 10.9 Å². The molecule has 1 aromatic rings. The number of nitrogens with one attached hydrogen (secondary N) is 1. The van der Waals surface area contributed by atoms with Crippen LogP contribution in [0.5, 0.6) is 5.75 Å². The third kappa shape index (κ3) is 5.60. The number of aliphatic carboxylic acids is 1. The number of hydrogen-bond donors (Lipinski definition) is 2. The van der Waals surface area contributed by atoms with Gasteiger partial charge in [0, 0.05) is 24.7 Å². The third-order valence-corrected chi connectivity index (χ3v) is 5.11. The van der Waals surface area contributed by atoms with Crippen LogP contribution in [0, 0.1) is 11.8 Å². The van der Waals surface area contributed by atoms with Gasteiger partial charge in [-0.2, -0.15) is 0 Å². The van der Waals surface area contributed by atoms with Gasteiger partial charge in [-0.15, -0.1) is 0 Å². The number of carboxylic acid groups (broad SMARTS) is 1. The van der Waals surface area contributed by atoms with Gasteiger partial charge in [0.1, 0.15) is 5.75 Å². The van der Waals surface area contributed by atoms with Crippen molar-refractivity contribution < 1.29 is 24.2 Å². The maximum Gasteiger partial charge on any atom is 0.306 e. The second-order valence-corrected chi connectivity index (χ2v) is 6.94. The molecule has 0 radical (unpaired) electrons. The maximum absolute atomic E-state index is 12.3. The lowest BCUT2D eigenvalue weighted by Gasteiger charge is -2.19. The highest BCUT2D eigenvalue weighted by atomic mass is 35.5. The van der Waals surface area contributed by atoms with Crippen molar-refractivity contribution in [3.05, 3.63) is 23.2 Å². The number of nitrogens with zero attached hydrogens (tertiary/aromatic N) is 1. The Morgan fingerprint density at radius 2 is 1.89 bits per heavy atom. The SMILES string of the molecule is CCN(CC)C(=O)COc1ccc(NC(=O)[C@@H]2CC[C@H](C(=O)O)C2)cc1Cl. The maximum atomic E-state index is 12.3. The van der Waals surface area contributed by atoms with E-state index in [0.717, 1.165) is 0 Å². The van der Waals surface area contributed by atoms with Crippen LogP contribution in [0.25, 0.3) is 0 Å². The van der Waals surface area contributed by atoms with E-state index in [1.54, 1.807) is 23.1 Å². The van der Waals surface area contributed by atoms with Crippen molar-refractivity contribution in [3.8, 4) is 5.75 Å². The van der Waals surface area contributed by atoms with Gasteiger partial charge < -0.3 is 20.1 Å². The molecule has 0 spiro atoms. The van der Waals surface area contributed by atoms with E-state index < -0.39 is 11.9 Å². The lowest BCUT2D eigenvalue weighted by atomic mass is 10.0. The molecule has 8 heteroatoms. The minimum atomic E-state index is -0.853. The van der Waals surface area contributed by atoms with Gasteiger partial charge in [-0.1, -0.05) is 11.6 Å². The molecule has 0 aliphatic heterocycles. The quantitative estimate of drug-likeness (QED) is 0.704. The molecule has 0 saturated heterocycles. The van der Waals surface area contributed by atoms with E-state index >= 15 is 0 Å². The predicted octanol–water partition coefficient (Wildman–Crippen LogP) is 3.03. The molecule has 1 aliphatic carbocycles. The molecule has 0 unspecified atom stereocenters. The molecule has 0 bridgehead atoms. The summed E-state index contributed by atoms with van der Waals surface area (Å²) in [6.45, 7) is 4.91. The fourth-order valence-corrected chi connectivity index (χ4v) is 3.43. The van der Waals surface area contributed by atoms with Gasteiger partial charge >= 0.3 is 5.97 Å². The normalized spacial score (nSPS) is 18.8. The van der Waals surface area contributed by atoms with E-state index in [9.17, 15) is 14.4 Å². The molecule has 1 aromatic carbocycles. The Bertz CT molecular complexity index is 705. The Hall–Kier alpha value is -2.28. The molecule has 2 amide bonds. The zero-order valence-electron chi connectivity index (χ0n) is 15.5. The van der Waals surface area contributed by atoms with Crippen LogP contribution in [0.4, 0.5) is 5.69 Å². The summed E-state index contributed by atoms with van der Waals surface area (Å²) in [5, 5.41) is 12.1. The first-order valence-corrected chi connectivity index (χ1v) is 9.47. The van der Waals surface area contributed by atoms with E-state index in [-0.39, 0.29) is 29.4 Å². The van der Waals surface area contributed by atoms with Gasteiger partial charge in [0.25, 0.3) is 5.91 Å². The molecule has 7 nitrogen and oxygen atoms in total. The summed E-state index contributed by atoms with van der Waals surface area (Å²) in [5.41, 5.74) is 0.506. The van der Waals surface area contributed by atoms with E-state index in [2.05, 4.69) is 5.32 Å². The number of anilines is 1. The largest absolute Gasteiger partial charge is 0.482 e. The standard InChI is InChI=1S/C19H25ClN2O5/c1-3-22(4-2)17(23)11-27-16-8-7-14(10-15(16)20)21-18(24)12-5-6-13(9-12)19(25)26/h7-8,10,12-13H,3-6,9,11H2,1-2H3,(H,21,24)(H,25,26)/t12-,13+/m1/s1. The molecule has 1 fully saturated rings. The lowest BCUT2D eigenvalue weighted by Crippen LogP contribution is -2.34. The van der Waals surface area contributed by atoms with E-state index in [1.807, 2.05) is 13.8 Å². The van der Waals surface area contributed by atoms with Gasteiger partial charge in [-0.3, -0.25) is 14.4 Å². The minimum absolute atomic E-state index is 0.105. The highest BCUT2D eigenvalue weighted by Gasteiger charge is 2.33. The molecule has 2 atom stereocenters. The smallest absolute Gasteiger partial charge is 0.306 e. The number of ether oxygens (including phenoxy) is 1. The number of likely N-dealkylation sites (N-methyl/N-ethyl adjacent to an activating group) is 1. The summed E-state index contributed by atoms with van der Waals surface area (Å²) in [4.78, 5) is 37.0. The third-order valence-electron chi connectivity index (χ3n) is 4.82. The summed E-state index contributed by atoms with van der Waals surface area (Å²) in [6, 6.07) is 4.80. The second kappa shape index (κ2) is 9.60. The number of carboxylic acids is 1. The van der Waals surface area contributed by atoms with Crippen LogP contribution in [0.2, 0.25) is 5.02 Å². The van der Waals surface area contributed by atoms with Crippen LogP contribution >= 0.6 is 11.6 Å². The van der Waals surface area contributed by atoms with Crippen LogP contribution in [-0.2, 0) is 14.4 Å². The Morgan fingerprint density at radius 3 is 2.44 bits per heavy atom. The average molecular weight is 397 g/mol. The highest BCUT2D eigenvalue weighted by molar-refractivity contribution is 6.32. The number of amides is 2. The average Bonchev–Trinajstić information content (AvgIpc) is 3.12. The van der Waals surface area contributed by atoms with Crippen molar-refractivity contribution >= 4 is 35.1 Å². The van der Waals surface area contributed by atoms with Gasteiger partial charge in [0.2, 0.25) is 5.91 Å². The van der Waals surface area contributed by atoms with Crippen molar-refractivity contribution in [1.82, 2.24) is 4.90 Å². The molecular weight excluding hydrogens is 372 g/mol. The van der Waals surface area contributed by atoms with E-state index in [1.165, 1.54) is 0 Å². The van der Waals surface area contributed by atoms with Gasteiger partial charge in [0.15, 0.2) is 6.61 Å². The first kappa shape index (κ1) is 21.0. The fraction of sp³-hybridized carbons (Fsp3) is 0.526. The first-order chi connectivity index (χ1) is 12.8. The Morgan fingerprint density at radius 1 is 1.22 bits per heavy atom. The molecular formula is C19H25ClN2O5. The van der Waals surface area contributed by atoms with Crippen molar-refractivity contribution in [3.63, 3.8) is 0 Å². The van der Waals surface area contributed by atoms with Crippen LogP contribution in [0.3, 0.4) is 0 Å². The molecule has 0 aromatic heterocycles. The van der Waals surface area contributed by atoms with Crippen LogP contribution in [0.1, 0.15) is 33.1 Å². The number of benzene rings is 1. The Kier molecular flexibility index (Phi) is 7.47. The zero-order valence-corrected chi connectivity index (χ0v) is 16.3. The number of carbonyl (C=O) groups excluding carboxylic acids is 2. The highest BCUT2D eigenvalue weighted by Crippen LogP contribution is 2.33. The van der Waals surface area contributed by atoms with Crippen molar-refractivity contribution in [2.24, 2.45) is 11.8 Å². The van der Waals surface area contributed by atoms with Gasteiger partial charge in [-0.05, 0) is 51.3 Å². The summed E-state index contributed by atoms with van der Waals surface area (Å²) >= 11 is 6.19. The summed E-state index contributed by atoms with van der Waals surface area (Å²) in [6.07, 6.45) is 1.43. The zero-order chi connectivity index (χ0) is 20.0. The van der Waals surface area contributed by atoms with Gasteiger partial charge in [-0.25, -0.2) is 0 Å². The predicted molar refractivity (Wildman–Crippen MR) is 102 cm³/mol. The molecule has 2 rings (SSSR count). The molecule has 27 heavy (non-hydrogen) atoms. The second-order valence-electron chi connectivity index (χ2n) is 6.53. The molecule has 1 saturated carbocycles. The van der Waals surface area contributed by atoms with E-state index in [4.69, 9.17) is 21.4 Å². The number of carbonyl (C=O) groups is 3. The lowest BCUT2D eigenvalue weighted by molar-refractivity contribution is -0.141. The summed E-state index contributed by atoms with van der Waals surface area (Å²) in [5.74, 6) is -1.59. The fourth-order valence-electron chi connectivity index (χ4n) is 3.19. The molecule has 1 aliphatic rings. The van der Waals surface area contributed by atoms with Crippen molar-refractivity contribution in [2.45, 2.75) is 33.1 Å². The van der Waals surface area contributed by atoms with E-state index in [0.29, 0.717) is 43.8 Å². The molecule has 2 N–H and O–H groups in total. The Balaban J connectivity index is 1.91. The van der Waals surface area contributed by atoms with Crippen molar-refractivity contribution in [1.29, 1.82) is 0 Å². The number of rotatable bonds is 8. The first-order valence-electron chi connectivity index (χ1n) is 9.09. The minimum Gasteiger partial charge on any atom is -0.482 e. The Labute approximate surface area is 163 Å². The molecule has 0 heterocycles. The van der Waals surface area contributed by atoms with Crippen LogP contribution < -0.4 is 10.1 Å². The summed E-state index contributed by atoms with van der Waals surface area (Å²) < 4.78 is 5.48. The van der Waals surface area contributed by atoms with Crippen LogP contribution in [-0.4, -0.2) is 47.5 Å². The summed E-state index contributed by atoms with van der Waals surface area (Å²) in [7, 11) is 0. The monoisotopic (exact) mass is 396 g/mol. The number of halogens is 1. The topological polar surface area (TPSA) is 95.9 Å². The van der Waals surface area contributed by atoms with Crippen molar-refractivity contribution in [2.75, 3.05) is 25.0 Å². The number of hydrogen-bond acceptors (Lipinski definition) is 4. The van der Waals surface area contributed by atoms with Crippen LogP contribution in [0.15, 0.2) is 18.2 Å².